The van der Waals surface area contributed by atoms with Crippen molar-refractivity contribution >= 4 is 22.0 Å². The fourth-order valence-electron chi connectivity index (χ4n) is 1.84. The quantitative estimate of drug-likeness (QED) is 0.894. The number of para-hydroxylation sites is 1. The molecule has 0 aromatic heterocycles. The number of amides is 1. The number of nitrogens with one attached hydrogen (secondary N) is 1. The Balaban J connectivity index is 1.99. The number of benzene rings is 2. The largest absolute Gasteiger partial charge is 0.496 e. The summed E-state index contributed by atoms with van der Waals surface area (Å²) in [4.78, 5) is 11.8. The minimum atomic E-state index is -0.486. The van der Waals surface area contributed by atoms with E-state index in [0.717, 1.165) is 15.8 Å². The van der Waals surface area contributed by atoms with Crippen LogP contribution in [0.2, 0.25) is 0 Å². The molecule has 5 heteroatoms. The van der Waals surface area contributed by atoms with Crippen molar-refractivity contribution < 1.29 is 14.3 Å². The van der Waals surface area contributed by atoms with E-state index in [1.807, 2.05) is 43.3 Å². The van der Waals surface area contributed by atoms with Crippen LogP contribution in [-0.2, 0) is 0 Å². The highest BCUT2D eigenvalue weighted by Gasteiger charge is 2.12. The lowest BCUT2D eigenvalue weighted by atomic mass is 10.1. The molecule has 0 heterocycles. The number of carbonyl (C=O) groups excluding carboxylic acids is 1. The van der Waals surface area contributed by atoms with Gasteiger partial charge in [0.15, 0.2) is 0 Å². The van der Waals surface area contributed by atoms with E-state index in [1.54, 1.807) is 19.2 Å². The monoisotopic (exact) mass is 349 g/mol. The van der Waals surface area contributed by atoms with E-state index >= 15 is 0 Å². The first-order chi connectivity index (χ1) is 10.1. The minimum absolute atomic E-state index is 0.177. The second-order valence-corrected chi connectivity index (χ2v) is 5.32. The highest BCUT2D eigenvalue weighted by molar-refractivity contribution is 9.10. The zero-order valence-electron chi connectivity index (χ0n) is 11.8. The summed E-state index contributed by atoms with van der Waals surface area (Å²) in [5.74, 6) is 1.26. The molecule has 1 unspecified atom stereocenters. The fraction of sp³-hybridized carbons (Fsp3) is 0.188. The molecular weight excluding hydrogens is 334 g/mol. The molecule has 1 atom stereocenters. The normalized spacial score (nSPS) is 11.6. The predicted molar refractivity (Wildman–Crippen MR) is 84.7 cm³/mol. The second kappa shape index (κ2) is 7.13. The number of ether oxygens (including phenoxy) is 2. The molecule has 0 bridgehead atoms. The van der Waals surface area contributed by atoms with Crippen LogP contribution in [0.25, 0.3) is 0 Å². The molecule has 0 spiro atoms. The first-order valence-electron chi connectivity index (χ1n) is 6.47. The molecule has 2 rings (SSSR count). The minimum Gasteiger partial charge on any atom is -0.496 e. The molecule has 2 aromatic carbocycles. The lowest BCUT2D eigenvalue weighted by Gasteiger charge is -2.15. The first kappa shape index (κ1) is 15.4. The van der Waals surface area contributed by atoms with Gasteiger partial charge in [-0.3, -0.25) is 0 Å². The summed E-state index contributed by atoms with van der Waals surface area (Å²) in [5, 5.41) is 2.79. The topological polar surface area (TPSA) is 47.6 Å². The van der Waals surface area contributed by atoms with Crippen LogP contribution in [0.1, 0.15) is 18.5 Å². The van der Waals surface area contributed by atoms with Crippen LogP contribution in [0, 0.1) is 0 Å². The third kappa shape index (κ3) is 4.23. The highest BCUT2D eigenvalue weighted by atomic mass is 79.9. The average Bonchev–Trinajstić information content (AvgIpc) is 2.48. The van der Waals surface area contributed by atoms with Gasteiger partial charge in [0, 0.05) is 0 Å². The maximum absolute atomic E-state index is 11.8. The summed E-state index contributed by atoms with van der Waals surface area (Å²) < 4.78 is 11.2. The van der Waals surface area contributed by atoms with Gasteiger partial charge in [0.1, 0.15) is 11.5 Å². The maximum atomic E-state index is 11.8. The van der Waals surface area contributed by atoms with Crippen LogP contribution in [0.3, 0.4) is 0 Å². The first-order valence-corrected chi connectivity index (χ1v) is 7.26. The van der Waals surface area contributed by atoms with Crippen LogP contribution in [0.15, 0.2) is 53.0 Å². The van der Waals surface area contributed by atoms with Crippen molar-refractivity contribution in [3.63, 3.8) is 0 Å². The Bertz CT molecular complexity index is 616. The standard InChI is InChI=1S/C16H16BrNO3/c1-11(12-8-9-15(20-2)14(17)10-12)18-16(19)21-13-6-4-3-5-7-13/h3-11H,1-2H3,(H,18,19). The molecule has 0 aliphatic rings. The van der Waals surface area contributed by atoms with E-state index in [4.69, 9.17) is 9.47 Å². The van der Waals surface area contributed by atoms with Gasteiger partial charge < -0.3 is 14.8 Å². The number of methoxy groups -OCH3 is 1. The summed E-state index contributed by atoms with van der Waals surface area (Å²) in [6.45, 7) is 1.89. The molecule has 1 amide bonds. The van der Waals surface area contributed by atoms with Gasteiger partial charge in [-0.25, -0.2) is 4.79 Å². The number of halogens is 1. The summed E-state index contributed by atoms with van der Waals surface area (Å²) >= 11 is 3.43. The molecule has 21 heavy (non-hydrogen) atoms. The van der Waals surface area contributed by atoms with Crippen molar-refractivity contribution in [2.75, 3.05) is 7.11 Å². The third-order valence-electron chi connectivity index (χ3n) is 2.96. The van der Waals surface area contributed by atoms with Crippen molar-refractivity contribution in [3.05, 3.63) is 58.6 Å². The van der Waals surface area contributed by atoms with Crippen molar-refractivity contribution in [3.8, 4) is 11.5 Å². The van der Waals surface area contributed by atoms with Crippen LogP contribution in [0.5, 0.6) is 11.5 Å². The van der Waals surface area contributed by atoms with E-state index in [1.165, 1.54) is 0 Å². The van der Waals surface area contributed by atoms with E-state index < -0.39 is 6.09 Å². The number of hydrogen-bond acceptors (Lipinski definition) is 3. The lowest BCUT2D eigenvalue weighted by molar-refractivity contribution is 0.197. The maximum Gasteiger partial charge on any atom is 0.413 e. The second-order valence-electron chi connectivity index (χ2n) is 4.46. The summed E-state index contributed by atoms with van der Waals surface area (Å²) in [7, 11) is 1.61. The molecule has 1 N–H and O–H groups in total. The van der Waals surface area contributed by atoms with Crippen LogP contribution in [-0.4, -0.2) is 13.2 Å². The summed E-state index contributed by atoms with van der Waals surface area (Å²) in [6.07, 6.45) is -0.486. The molecule has 0 fully saturated rings. The molecular formula is C16H16BrNO3. The number of carbonyl (C=O) groups is 1. The van der Waals surface area contributed by atoms with Gasteiger partial charge in [-0.05, 0) is 52.7 Å². The Hall–Kier alpha value is -2.01. The van der Waals surface area contributed by atoms with Crippen molar-refractivity contribution in [2.45, 2.75) is 13.0 Å². The highest BCUT2D eigenvalue weighted by Crippen LogP contribution is 2.28. The molecule has 0 radical (unpaired) electrons. The molecule has 0 aliphatic heterocycles. The van der Waals surface area contributed by atoms with Gasteiger partial charge in [0.2, 0.25) is 0 Å². The van der Waals surface area contributed by atoms with Crippen LogP contribution >= 0.6 is 15.9 Å². The Morgan fingerprint density at radius 2 is 1.90 bits per heavy atom. The van der Waals surface area contributed by atoms with Crippen molar-refractivity contribution in [2.24, 2.45) is 0 Å². The number of rotatable bonds is 4. The van der Waals surface area contributed by atoms with Gasteiger partial charge in [-0.2, -0.15) is 0 Å². The van der Waals surface area contributed by atoms with Gasteiger partial charge in [-0.15, -0.1) is 0 Å². The van der Waals surface area contributed by atoms with Crippen LogP contribution in [0.4, 0.5) is 4.79 Å². The number of hydrogen-bond donors (Lipinski definition) is 1. The zero-order valence-corrected chi connectivity index (χ0v) is 13.4. The average molecular weight is 350 g/mol. The van der Waals surface area contributed by atoms with E-state index in [9.17, 15) is 4.79 Å². The van der Waals surface area contributed by atoms with Crippen LogP contribution < -0.4 is 14.8 Å². The smallest absolute Gasteiger partial charge is 0.413 e. The molecule has 2 aromatic rings. The van der Waals surface area contributed by atoms with Gasteiger partial charge in [-0.1, -0.05) is 24.3 Å². The zero-order chi connectivity index (χ0) is 15.2. The van der Waals surface area contributed by atoms with Crippen molar-refractivity contribution in [1.29, 1.82) is 0 Å². The third-order valence-corrected chi connectivity index (χ3v) is 3.58. The van der Waals surface area contributed by atoms with Crippen molar-refractivity contribution in [1.82, 2.24) is 5.32 Å². The molecule has 110 valence electrons. The Morgan fingerprint density at radius 3 is 2.52 bits per heavy atom. The summed E-state index contributed by atoms with van der Waals surface area (Å²) in [6, 6.07) is 14.4. The van der Waals surface area contributed by atoms with Gasteiger partial charge in [0.25, 0.3) is 0 Å². The molecule has 0 saturated carbocycles. The van der Waals surface area contributed by atoms with Gasteiger partial charge >= 0.3 is 6.09 Å². The summed E-state index contributed by atoms with van der Waals surface area (Å²) in [5.41, 5.74) is 0.952. The Labute approximate surface area is 132 Å². The van der Waals surface area contributed by atoms with E-state index in [0.29, 0.717) is 5.75 Å². The van der Waals surface area contributed by atoms with E-state index in [2.05, 4.69) is 21.2 Å². The molecule has 4 nitrogen and oxygen atoms in total. The molecule has 0 aliphatic carbocycles. The molecule has 0 saturated heterocycles. The Morgan fingerprint density at radius 1 is 1.19 bits per heavy atom. The lowest BCUT2D eigenvalue weighted by Crippen LogP contribution is -2.29. The SMILES string of the molecule is COc1ccc(C(C)NC(=O)Oc2ccccc2)cc1Br. The van der Waals surface area contributed by atoms with Gasteiger partial charge in [0.05, 0.1) is 17.6 Å². The van der Waals surface area contributed by atoms with E-state index in [-0.39, 0.29) is 6.04 Å². The fourth-order valence-corrected chi connectivity index (χ4v) is 2.40. The predicted octanol–water partition coefficient (Wildman–Crippen LogP) is 4.31. The Kier molecular flexibility index (Phi) is 5.22.